The standard InChI is InChI=1S/C23H29NO6S2/c1-14(2)29-22-24-20-19(30-23(4,5)6)12-11-17(21(20)31-22)18(25)13-28-32(26,27)16-9-7-15(3)8-10-16/h7-12,14,18,25H,13H2,1-6H3/t18-/m1/s1. The van der Waals surface area contributed by atoms with E-state index in [4.69, 9.17) is 13.7 Å². The fourth-order valence-electron chi connectivity index (χ4n) is 2.93. The van der Waals surface area contributed by atoms with Crippen LogP contribution in [0.3, 0.4) is 0 Å². The molecule has 0 aliphatic rings. The topological polar surface area (TPSA) is 95.0 Å². The maximum Gasteiger partial charge on any atom is 0.297 e. The number of fused-ring (bicyclic) bond motifs is 1. The summed E-state index contributed by atoms with van der Waals surface area (Å²) in [5, 5.41) is 11.2. The van der Waals surface area contributed by atoms with Crippen molar-refractivity contribution in [3.8, 4) is 10.9 Å². The van der Waals surface area contributed by atoms with Crippen LogP contribution in [0.15, 0.2) is 41.3 Å². The molecule has 0 aliphatic carbocycles. The monoisotopic (exact) mass is 479 g/mol. The summed E-state index contributed by atoms with van der Waals surface area (Å²) in [7, 11) is -4.00. The Labute approximate surface area is 193 Å². The molecule has 0 aliphatic heterocycles. The van der Waals surface area contributed by atoms with Gasteiger partial charge in [-0.3, -0.25) is 4.18 Å². The lowest BCUT2D eigenvalue weighted by molar-refractivity contribution is 0.112. The maximum absolute atomic E-state index is 12.5. The lowest BCUT2D eigenvalue weighted by atomic mass is 10.1. The molecular formula is C23H29NO6S2. The third-order valence-corrected chi connectivity index (χ3v) is 6.61. The first-order chi connectivity index (χ1) is 14.9. The number of hydrogen-bond acceptors (Lipinski definition) is 8. The quantitative estimate of drug-likeness (QED) is 0.454. The van der Waals surface area contributed by atoms with Crippen molar-refractivity contribution in [2.45, 2.75) is 64.2 Å². The number of aryl methyl sites for hydroxylation is 1. The molecule has 3 aromatic rings. The molecule has 9 heteroatoms. The second-order valence-corrected chi connectivity index (χ2v) is 11.3. The Morgan fingerprint density at radius 3 is 2.34 bits per heavy atom. The molecule has 32 heavy (non-hydrogen) atoms. The van der Waals surface area contributed by atoms with Crippen LogP contribution in [0.2, 0.25) is 0 Å². The van der Waals surface area contributed by atoms with Gasteiger partial charge in [-0.2, -0.15) is 13.4 Å². The van der Waals surface area contributed by atoms with Gasteiger partial charge in [-0.25, -0.2) is 0 Å². The molecule has 1 aromatic heterocycles. The van der Waals surface area contributed by atoms with Gasteiger partial charge in [0.15, 0.2) is 0 Å². The summed E-state index contributed by atoms with van der Waals surface area (Å²) >= 11 is 1.27. The zero-order chi connectivity index (χ0) is 23.7. The first-order valence-corrected chi connectivity index (χ1v) is 12.5. The van der Waals surface area contributed by atoms with Gasteiger partial charge in [-0.05, 0) is 59.7 Å². The second-order valence-electron chi connectivity index (χ2n) is 8.76. The molecule has 0 bridgehead atoms. The fourth-order valence-corrected chi connectivity index (χ4v) is 4.96. The number of aliphatic hydroxyl groups is 1. The van der Waals surface area contributed by atoms with Crippen molar-refractivity contribution in [2.75, 3.05) is 6.61 Å². The Morgan fingerprint density at radius 1 is 1.09 bits per heavy atom. The van der Waals surface area contributed by atoms with Crippen molar-refractivity contribution in [1.29, 1.82) is 0 Å². The molecule has 1 N–H and O–H groups in total. The number of thiazole rings is 1. The van der Waals surface area contributed by atoms with E-state index in [1.807, 2.05) is 41.5 Å². The van der Waals surface area contributed by atoms with Gasteiger partial charge in [-0.1, -0.05) is 35.1 Å². The number of aliphatic hydroxyl groups excluding tert-OH is 1. The molecule has 1 heterocycles. The van der Waals surface area contributed by atoms with Crippen LogP contribution in [-0.2, 0) is 14.3 Å². The molecule has 0 unspecified atom stereocenters. The van der Waals surface area contributed by atoms with Crippen molar-refractivity contribution >= 4 is 31.7 Å². The lowest BCUT2D eigenvalue weighted by Crippen LogP contribution is -2.23. The molecule has 0 radical (unpaired) electrons. The number of benzene rings is 2. The van der Waals surface area contributed by atoms with E-state index < -0.39 is 28.4 Å². The summed E-state index contributed by atoms with van der Waals surface area (Å²) in [5.41, 5.74) is 1.55. The molecule has 0 fully saturated rings. The third-order valence-electron chi connectivity index (χ3n) is 4.32. The van der Waals surface area contributed by atoms with Gasteiger partial charge in [0, 0.05) is 5.56 Å². The minimum atomic E-state index is -4.00. The molecule has 0 saturated heterocycles. The summed E-state index contributed by atoms with van der Waals surface area (Å²) in [6, 6.07) is 9.77. The normalized spacial score (nSPS) is 13.5. The van der Waals surface area contributed by atoms with E-state index >= 15 is 0 Å². The van der Waals surface area contributed by atoms with Gasteiger partial charge in [0.1, 0.15) is 23.0 Å². The number of aromatic nitrogens is 1. The minimum absolute atomic E-state index is 0.0415. The minimum Gasteiger partial charge on any atom is -0.486 e. The highest BCUT2D eigenvalue weighted by molar-refractivity contribution is 7.86. The zero-order valence-corrected chi connectivity index (χ0v) is 20.7. The van der Waals surface area contributed by atoms with Crippen molar-refractivity contribution in [3.05, 3.63) is 47.5 Å². The Balaban J connectivity index is 1.90. The van der Waals surface area contributed by atoms with Crippen molar-refractivity contribution in [2.24, 2.45) is 0 Å². The molecule has 0 spiro atoms. The van der Waals surface area contributed by atoms with Crippen molar-refractivity contribution < 1.29 is 27.2 Å². The second kappa shape index (κ2) is 9.35. The van der Waals surface area contributed by atoms with Crippen LogP contribution in [-0.4, -0.2) is 36.8 Å². The Bertz CT molecular complexity index is 1180. The van der Waals surface area contributed by atoms with Crippen LogP contribution < -0.4 is 9.47 Å². The first-order valence-electron chi connectivity index (χ1n) is 10.3. The van der Waals surface area contributed by atoms with E-state index in [0.717, 1.165) is 5.56 Å². The Kier molecular flexibility index (Phi) is 7.14. The smallest absolute Gasteiger partial charge is 0.297 e. The highest BCUT2D eigenvalue weighted by atomic mass is 32.2. The summed E-state index contributed by atoms with van der Waals surface area (Å²) in [6.45, 7) is 11.0. The van der Waals surface area contributed by atoms with Crippen LogP contribution in [0, 0.1) is 6.92 Å². The van der Waals surface area contributed by atoms with E-state index in [1.165, 1.54) is 23.5 Å². The molecule has 174 valence electrons. The highest BCUT2D eigenvalue weighted by Gasteiger charge is 2.24. The van der Waals surface area contributed by atoms with Gasteiger partial charge in [-0.15, -0.1) is 0 Å². The highest BCUT2D eigenvalue weighted by Crippen LogP contribution is 2.40. The SMILES string of the molecule is Cc1ccc(S(=O)(=O)OC[C@@H](O)c2ccc(OC(C)(C)C)c3nc(OC(C)C)sc23)cc1. The average Bonchev–Trinajstić information content (AvgIpc) is 3.09. The van der Waals surface area contributed by atoms with Crippen LogP contribution >= 0.6 is 11.3 Å². The molecular weight excluding hydrogens is 450 g/mol. The summed E-state index contributed by atoms with van der Waals surface area (Å²) in [5.74, 6) is 0.562. The number of hydrogen-bond donors (Lipinski definition) is 1. The Hall–Kier alpha value is -2.20. The Morgan fingerprint density at radius 2 is 1.75 bits per heavy atom. The number of nitrogens with zero attached hydrogens (tertiary/aromatic N) is 1. The largest absolute Gasteiger partial charge is 0.486 e. The van der Waals surface area contributed by atoms with Crippen LogP contribution in [0.5, 0.6) is 10.9 Å². The summed E-state index contributed by atoms with van der Waals surface area (Å²) in [4.78, 5) is 4.59. The van der Waals surface area contributed by atoms with E-state index in [1.54, 1.807) is 24.3 Å². The first kappa shape index (κ1) is 24.4. The average molecular weight is 480 g/mol. The fraction of sp³-hybridized carbons (Fsp3) is 0.435. The maximum atomic E-state index is 12.5. The van der Waals surface area contributed by atoms with Gasteiger partial charge in [0.2, 0.25) is 0 Å². The molecule has 2 aromatic carbocycles. The molecule has 0 amide bonds. The lowest BCUT2D eigenvalue weighted by Gasteiger charge is -2.22. The van der Waals surface area contributed by atoms with Crippen LogP contribution in [0.1, 0.15) is 51.8 Å². The van der Waals surface area contributed by atoms with E-state index in [2.05, 4.69) is 4.98 Å². The van der Waals surface area contributed by atoms with Crippen molar-refractivity contribution in [3.63, 3.8) is 0 Å². The van der Waals surface area contributed by atoms with Gasteiger partial charge >= 0.3 is 0 Å². The predicted octanol–water partition coefficient (Wildman–Crippen LogP) is 5.01. The van der Waals surface area contributed by atoms with Crippen molar-refractivity contribution in [1.82, 2.24) is 4.98 Å². The molecule has 1 atom stereocenters. The van der Waals surface area contributed by atoms with Gasteiger partial charge < -0.3 is 14.6 Å². The summed E-state index contributed by atoms with van der Waals surface area (Å²) < 4.78 is 42.6. The van der Waals surface area contributed by atoms with Gasteiger partial charge in [0.05, 0.1) is 22.3 Å². The van der Waals surface area contributed by atoms with E-state index in [-0.39, 0.29) is 11.0 Å². The molecule has 7 nitrogen and oxygen atoms in total. The zero-order valence-electron chi connectivity index (χ0n) is 19.1. The van der Waals surface area contributed by atoms with E-state index in [9.17, 15) is 13.5 Å². The van der Waals surface area contributed by atoms with Crippen LogP contribution in [0.4, 0.5) is 0 Å². The number of ether oxygens (including phenoxy) is 2. The van der Waals surface area contributed by atoms with E-state index in [0.29, 0.717) is 26.7 Å². The van der Waals surface area contributed by atoms with Gasteiger partial charge in [0.25, 0.3) is 15.3 Å². The number of rotatable bonds is 8. The third kappa shape index (κ3) is 5.98. The molecule has 0 saturated carbocycles. The van der Waals surface area contributed by atoms with Crippen LogP contribution in [0.25, 0.3) is 10.2 Å². The summed E-state index contributed by atoms with van der Waals surface area (Å²) in [6.07, 6.45) is -1.26. The molecule has 3 rings (SSSR count). The predicted molar refractivity (Wildman–Crippen MR) is 125 cm³/mol.